The summed E-state index contributed by atoms with van der Waals surface area (Å²) in [6.07, 6.45) is 3.60. The zero-order chi connectivity index (χ0) is 10.6. The van der Waals surface area contributed by atoms with E-state index in [9.17, 15) is 4.79 Å². The van der Waals surface area contributed by atoms with Crippen LogP contribution in [0.5, 0.6) is 0 Å². The molecule has 5 heteroatoms. The van der Waals surface area contributed by atoms with Crippen molar-refractivity contribution in [2.24, 2.45) is 5.92 Å². The van der Waals surface area contributed by atoms with Crippen molar-refractivity contribution >= 4 is 21.8 Å². The van der Waals surface area contributed by atoms with Crippen molar-refractivity contribution in [1.29, 1.82) is 0 Å². The molecule has 0 fully saturated rings. The Morgan fingerprint density at radius 1 is 1.71 bits per heavy atom. The Morgan fingerprint density at radius 2 is 2.43 bits per heavy atom. The molecule has 0 aliphatic carbocycles. The first-order valence-electron chi connectivity index (χ1n) is 4.55. The van der Waals surface area contributed by atoms with E-state index in [4.69, 9.17) is 0 Å². The van der Waals surface area contributed by atoms with Gasteiger partial charge in [0.2, 0.25) is 5.91 Å². The molecule has 0 aliphatic heterocycles. The van der Waals surface area contributed by atoms with Crippen LogP contribution in [0.25, 0.3) is 0 Å². The van der Waals surface area contributed by atoms with Crippen LogP contribution in [-0.4, -0.2) is 22.2 Å². The minimum atomic E-state index is 0.0411. The monoisotopic (exact) mass is 259 g/mol. The van der Waals surface area contributed by atoms with E-state index in [-0.39, 0.29) is 11.8 Å². The molecular weight excluding hydrogens is 246 g/mol. The Morgan fingerprint density at radius 3 is 2.93 bits per heavy atom. The first-order valence-corrected chi connectivity index (χ1v) is 5.34. The van der Waals surface area contributed by atoms with Crippen molar-refractivity contribution in [1.82, 2.24) is 15.1 Å². The molecule has 1 heterocycles. The number of hydrogen-bond acceptors (Lipinski definition) is 2. The molecule has 1 aromatic rings. The molecule has 1 rings (SSSR count). The Bertz CT molecular complexity index is 309. The van der Waals surface area contributed by atoms with Crippen molar-refractivity contribution < 1.29 is 4.79 Å². The van der Waals surface area contributed by atoms with Gasteiger partial charge in [-0.1, -0.05) is 13.8 Å². The summed E-state index contributed by atoms with van der Waals surface area (Å²) >= 11 is 3.31. The van der Waals surface area contributed by atoms with Crippen molar-refractivity contribution in [3.63, 3.8) is 0 Å². The van der Waals surface area contributed by atoms with Gasteiger partial charge in [-0.15, -0.1) is 0 Å². The van der Waals surface area contributed by atoms with Crippen LogP contribution in [0.15, 0.2) is 16.9 Å². The van der Waals surface area contributed by atoms with E-state index < -0.39 is 0 Å². The summed E-state index contributed by atoms with van der Waals surface area (Å²) in [7, 11) is 0. The number of halogens is 1. The highest BCUT2D eigenvalue weighted by atomic mass is 79.9. The number of nitrogens with one attached hydrogen (secondary N) is 1. The standard InChI is InChI=1S/C9H14BrN3O/c1-7(2)9(14)11-3-4-13-6-8(10)5-12-13/h5-7H,3-4H2,1-2H3,(H,11,14). The van der Waals surface area contributed by atoms with E-state index in [2.05, 4.69) is 26.3 Å². The summed E-state index contributed by atoms with van der Waals surface area (Å²) in [6, 6.07) is 0. The van der Waals surface area contributed by atoms with Gasteiger partial charge in [-0.2, -0.15) is 5.10 Å². The van der Waals surface area contributed by atoms with E-state index in [0.29, 0.717) is 13.1 Å². The highest BCUT2D eigenvalue weighted by molar-refractivity contribution is 9.10. The molecule has 78 valence electrons. The third kappa shape index (κ3) is 3.49. The Balaban J connectivity index is 2.25. The van der Waals surface area contributed by atoms with E-state index in [1.54, 1.807) is 10.9 Å². The van der Waals surface area contributed by atoms with Crippen LogP contribution in [0.1, 0.15) is 13.8 Å². The molecule has 0 aliphatic rings. The summed E-state index contributed by atoms with van der Waals surface area (Å²) in [6.45, 7) is 5.06. The largest absolute Gasteiger partial charge is 0.354 e. The molecule has 0 atom stereocenters. The van der Waals surface area contributed by atoms with Gasteiger partial charge in [0.15, 0.2) is 0 Å². The SMILES string of the molecule is CC(C)C(=O)NCCn1cc(Br)cn1. The molecule has 1 amide bonds. The van der Waals surface area contributed by atoms with Crippen molar-refractivity contribution in [2.75, 3.05) is 6.54 Å². The number of aromatic nitrogens is 2. The normalized spacial score (nSPS) is 10.6. The van der Waals surface area contributed by atoms with Crippen LogP contribution in [0.3, 0.4) is 0 Å². The van der Waals surface area contributed by atoms with Gasteiger partial charge in [0.1, 0.15) is 0 Å². The van der Waals surface area contributed by atoms with Gasteiger partial charge in [0, 0.05) is 18.7 Å². The Kier molecular flexibility index (Phi) is 4.13. The van der Waals surface area contributed by atoms with Crippen LogP contribution in [0, 0.1) is 5.92 Å². The average molecular weight is 260 g/mol. The van der Waals surface area contributed by atoms with E-state index in [1.807, 2.05) is 20.0 Å². The molecule has 0 bridgehead atoms. The lowest BCUT2D eigenvalue weighted by Gasteiger charge is -2.07. The van der Waals surface area contributed by atoms with Crippen LogP contribution >= 0.6 is 15.9 Å². The van der Waals surface area contributed by atoms with Gasteiger partial charge in [-0.25, -0.2) is 0 Å². The van der Waals surface area contributed by atoms with Crippen LogP contribution in [0.2, 0.25) is 0 Å². The van der Waals surface area contributed by atoms with Crippen molar-refractivity contribution in [3.05, 3.63) is 16.9 Å². The molecule has 14 heavy (non-hydrogen) atoms. The van der Waals surface area contributed by atoms with Gasteiger partial charge in [-0.3, -0.25) is 9.48 Å². The fourth-order valence-corrected chi connectivity index (χ4v) is 1.29. The van der Waals surface area contributed by atoms with E-state index >= 15 is 0 Å². The lowest BCUT2D eigenvalue weighted by atomic mass is 10.2. The second-order valence-corrected chi connectivity index (χ2v) is 4.28. The Hall–Kier alpha value is -0.840. The van der Waals surface area contributed by atoms with Gasteiger partial charge < -0.3 is 5.32 Å². The number of amides is 1. The molecule has 0 saturated carbocycles. The van der Waals surface area contributed by atoms with Crippen LogP contribution in [0.4, 0.5) is 0 Å². The second kappa shape index (κ2) is 5.14. The lowest BCUT2D eigenvalue weighted by molar-refractivity contribution is -0.124. The first-order chi connectivity index (χ1) is 6.59. The highest BCUT2D eigenvalue weighted by Crippen LogP contribution is 2.05. The molecule has 0 unspecified atom stereocenters. The van der Waals surface area contributed by atoms with Gasteiger partial charge in [0.25, 0.3) is 0 Å². The zero-order valence-electron chi connectivity index (χ0n) is 8.33. The number of carbonyl (C=O) groups excluding carboxylic acids is 1. The lowest BCUT2D eigenvalue weighted by Crippen LogP contribution is -2.30. The molecule has 0 radical (unpaired) electrons. The summed E-state index contributed by atoms with van der Waals surface area (Å²) < 4.78 is 2.73. The van der Waals surface area contributed by atoms with Crippen molar-refractivity contribution in [3.8, 4) is 0 Å². The molecule has 4 nitrogen and oxygen atoms in total. The smallest absolute Gasteiger partial charge is 0.222 e. The predicted octanol–water partition coefficient (Wildman–Crippen LogP) is 1.42. The molecule has 0 spiro atoms. The van der Waals surface area contributed by atoms with Gasteiger partial charge in [0.05, 0.1) is 17.2 Å². The van der Waals surface area contributed by atoms with Gasteiger partial charge >= 0.3 is 0 Å². The van der Waals surface area contributed by atoms with Gasteiger partial charge in [-0.05, 0) is 15.9 Å². The maximum atomic E-state index is 11.2. The Labute approximate surface area is 91.8 Å². The molecule has 1 N–H and O–H groups in total. The zero-order valence-corrected chi connectivity index (χ0v) is 9.91. The molecular formula is C9H14BrN3O. The third-order valence-electron chi connectivity index (χ3n) is 1.77. The summed E-state index contributed by atoms with van der Waals surface area (Å²) in [4.78, 5) is 11.2. The van der Waals surface area contributed by atoms with Crippen LogP contribution < -0.4 is 5.32 Å². The minimum Gasteiger partial charge on any atom is -0.354 e. The predicted molar refractivity (Wildman–Crippen MR) is 57.8 cm³/mol. The first kappa shape index (κ1) is 11.2. The minimum absolute atomic E-state index is 0.0411. The van der Waals surface area contributed by atoms with Crippen LogP contribution in [-0.2, 0) is 11.3 Å². The summed E-state index contributed by atoms with van der Waals surface area (Å²) in [5.74, 6) is 0.121. The quantitative estimate of drug-likeness (QED) is 0.889. The fourth-order valence-electron chi connectivity index (χ4n) is 0.958. The number of carbonyl (C=O) groups is 1. The number of hydrogen-bond donors (Lipinski definition) is 1. The second-order valence-electron chi connectivity index (χ2n) is 3.37. The highest BCUT2D eigenvalue weighted by Gasteiger charge is 2.04. The van der Waals surface area contributed by atoms with E-state index in [1.165, 1.54) is 0 Å². The third-order valence-corrected chi connectivity index (χ3v) is 2.18. The van der Waals surface area contributed by atoms with E-state index in [0.717, 1.165) is 4.47 Å². The average Bonchev–Trinajstić information content (AvgIpc) is 2.51. The molecule has 0 aromatic carbocycles. The fraction of sp³-hybridized carbons (Fsp3) is 0.556. The maximum absolute atomic E-state index is 11.2. The summed E-state index contributed by atoms with van der Waals surface area (Å²) in [5.41, 5.74) is 0. The van der Waals surface area contributed by atoms with Crippen molar-refractivity contribution in [2.45, 2.75) is 20.4 Å². The number of nitrogens with zero attached hydrogens (tertiary/aromatic N) is 2. The molecule has 1 aromatic heterocycles. The molecule has 0 saturated heterocycles. The summed E-state index contributed by atoms with van der Waals surface area (Å²) in [5, 5.41) is 6.90. The topological polar surface area (TPSA) is 46.9 Å². The number of rotatable bonds is 4. The maximum Gasteiger partial charge on any atom is 0.222 e.